The van der Waals surface area contributed by atoms with E-state index in [1.54, 1.807) is 24.4 Å². The van der Waals surface area contributed by atoms with Crippen molar-refractivity contribution >= 4 is 33.6 Å². The quantitative estimate of drug-likeness (QED) is 0.801. The lowest BCUT2D eigenvalue weighted by Gasteiger charge is -1.92. The number of nitrogens with one attached hydrogen (secondary N) is 1. The van der Waals surface area contributed by atoms with Gasteiger partial charge in [0.1, 0.15) is 0 Å². The van der Waals surface area contributed by atoms with E-state index in [-0.39, 0.29) is 5.56 Å². The normalized spacial score (nSPS) is 10.8. The predicted molar refractivity (Wildman–Crippen MR) is 54.5 cm³/mol. The summed E-state index contributed by atoms with van der Waals surface area (Å²) in [6.07, 6.45) is 5.01. The van der Waals surface area contributed by atoms with E-state index in [0.29, 0.717) is 11.4 Å². The smallest absolute Gasteiger partial charge is 0.255 e. The molecule has 0 amide bonds. The van der Waals surface area contributed by atoms with Crippen LogP contribution in [0, 0.1) is 0 Å². The van der Waals surface area contributed by atoms with Crippen molar-refractivity contribution in [2.24, 2.45) is 0 Å². The number of allylic oxidation sites excluding steroid dienone is 1. The van der Waals surface area contributed by atoms with Crippen LogP contribution in [0.2, 0.25) is 0 Å². The molecule has 0 fully saturated rings. The molecule has 1 N–H and O–H groups in total. The second-order valence-corrected chi connectivity index (χ2v) is 3.38. The van der Waals surface area contributed by atoms with E-state index in [1.807, 2.05) is 0 Å². The van der Waals surface area contributed by atoms with Gasteiger partial charge in [-0.15, -0.1) is 11.6 Å². The fourth-order valence-corrected chi connectivity index (χ4v) is 1.22. The third kappa shape index (κ3) is 2.50. The van der Waals surface area contributed by atoms with Gasteiger partial charge in [0.25, 0.3) is 5.56 Å². The first-order valence-corrected chi connectivity index (χ1v) is 4.67. The van der Waals surface area contributed by atoms with Gasteiger partial charge in [-0.1, -0.05) is 12.2 Å². The largest absolute Gasteiger partial charge is 0.327 e. The average molecular weight is 249 g/mol. The molecule has 1 heterocycles. The summed E-state index contributed by atoms with van der Waals surface area (Å²) < 4.78 is 0.844. The van der Waals surface area contributed by atoms with Crippen LogP contribution in [0.5, 0.6) is 0 Å². The number of hydrogen-bond acceptors (Lipinski definition) is 1. The van der Waals surface area contributed by atoms with Crippen LogP contribution in [0.25, 0.3) is 6.08 Å². The summed E-state index contributed by atoms with van der Waals surface area (Å²) in [7, 11) is 0. The molecule has 0 atom stereocenters. The average Bonchev–Trinajstić information content (AvgIpc) is 2.07. The molecule has 0 aliphatic heterocycles. The molecule has 0 bridgehead atoms. The molecule has 0 aliphatic rings. The molecule has 4 heteroatoms. The first kappa shape index (κ1) is 9.55. The van der Waals surface area contributed by atoms with Gasteiger partial charge in [-0.05, 0) is 22.0 Å². The standard InChI is InChI=1S/C8H7BrClNO/c9-7-4-6(2-1-3-10)8(12)11-5-7/h1-2,4-5H,3H2,(H,11,12). The number of alkyl halides is 1. The Kier molecular flexibility index (Phi) is 3.56. The van der Waals surface area contributed by atoms with Crippen LogP contribution in [0.15, 0.2) is 27.6 Å². The highest BCUT2D eigenvalue weighted by molar-refractivity contribution is 9.10. The Hall–Kier alpha value is -0.540. The van der Waals surface area contributed by atoms with Crippen molar-refractivity contribution in [3.8, 4) is 0 Å². The predicted octanol–water partition coefficient (Wildman–Crippen LogP) is 2.39. The molecule has 0 saturated carbocycles. The minimum absolute atomic E-state index is 0.112. The number of aromatic nitrogens is 1. The second kappa shape index (κ2) is 4.48. The number of hydrogen-bond donors (Lipinski definition) is 1. The monoisotopic (exact) mass is 247 g/mol. The fraction of sp³-hybridized carbons (Fsp3) is 0.125. The van der Waals surface area contributed by atoms with Crippen molar-refractivity contribution in [1.29, 1.82) is 0 Å². The minimum atomic E-state index is -0.112. The van der Waals surface area contributed by atoms with Crippen molar-refractivity contribution in [3.63, 3.8) is 0 Å². The lowest BCUT2D eigenvalue weighted by molar-refractivity contribution is 1.21. The Labute approximate surface area is 83.4 Å². The third-order valence-electron chi connectivity index (χ3n) is 1.28. The topological polar surface area (TPSA) is 32.9 Å². The number of pyridine rings is 1. The summed E-state index contributed by atoms with van der Waals surface area (Å²) in [6, 6.07) is 1.74. The summed E-state index contributed by atoms with van der Waals surface area (Å²) in [5.74, 6) is 0.409. The van der Waals surface area contributed by atoms with Gasteiger partial charge in [0.2, 0.25) is 0 Å². The Morgan fingerprint density at radius 3 is 3.08 bits per heavy atom. The van der Waals surface area contributed by atoms with E-state index in [1.165, 1.54) is 0 Å². The summed E-state index contributed by atoms with van der Waals surface area (Å²) in [5.41, 5.74) is 0.490. The van der Waals surface area contributed by atoms with Crippen LogP contribution >= 0.6 is 27.5 Å². The molecule has 12 heavy (non-hydrogen) atoms. The molecule has 0 saturated heterocycles. The first-order valence-electron chi connectivity index (χ1n) is 3.35. The second-order valence-electron chi connectivity index (χ2n) is 2.16. The molecule has 0 aliphatic carbocycles. The Morgan fingerprint density at radius 1 is 1.67 bits per heavy atom. The van der Waals surface area contributed by atoms with Gasteiger partial charge >= 0.3 is 0 Å². The van der Waals surface area contributed by atoms with Crippen molar-refractivity contribution < 1.29 is 0 Å². The molecular weight excluding hydrogens is 241 g/mol. The molecule has 1 aromatic heterocycles. The number of aromatic amines is 1. The maximum absolute atomic E-state index is 11.1. The molecule has 0 radical (unpaired) electrons. The van der Waals surface area contributed by atoms with Crippen LogP contribution in [-0.2, 0) is 0 Å². The van der Waals surface area contributed by atoms with Gasteiger partial charge in [0, 0.05) is 22.1 Å². The summed E-state index contributed by atoms with van der Waals surface area (Å²) >= 11 is 8.68. The maximum Gasteiger partial charge on any atom is 0.255 e. The van der Waals surface area contributed by atoms with Crippen molar-refractivity contribution in [1.82, 2.24) is 4.98 Å². The van der Waals surface area contributed by atoms with Gasteiger partial charge in [-0.3, -0.25) is 4.79 Å². The van der Waals surface area contributed by atoms with Crippen LogP contribution < -0.4 is 5.56 Å². The highest BCUT2D eigenvalue weighted by atomic mass is 79.9. The van der Waals surface area contributed by atoms with Crippen LogP contribution in [0.1, 0.15) is 5.56 Å². The van der Waals surface area contributed by atoms with E-state index in [2.05, 4.69) is 20.9 Å². The highest BCUT2D eigenvalue weighted by Gasteiger charge is 1.94. The molecule has 0 spiro atoms. The van der Waals surface area contributed by atoms with E-state index < -0.39 is 0 Å². The molecule has 1 rings (SSSR count). The third-order valence-corrected chi connectivity index (χ3v) is 1.92. The lowest BCUT2D eigenvalue weighted by Crippen LogP contribution is -2.07. The summed E-state index contributed by atoms with van der Waals surface area (Å²) in [4.78, 5) is 13.7. The van der Waals surface area contributed by atoms with Crippen molar-refractivity contribution in [3.05, 3.63) is 38.7 Å². The molecule has 1 aromatic rings. The van der Waals surface area contributed by atoms with Gasteiger partial charge < -0.3 is 4.98 Å². The van der Waals surface area contributed by atoms with Crippen molar-refractivity contribution in [2.45, 2.75) is 0 Å². The molecule has 0 unspecified atom stereocenters. The number of halogens is 2. The van der Waals surface area contributed by atoms with Crippen LogP contribution in [0.4, 0.5) is 0 Å². The molecule has 2 nitrogen and oxygen atoms in total. The van der Waals surface area contributed by atoms with E-state index in [4.69, 9.17) is 11.6 Å². The molecule has 0 aromatic carbocycles. The zero-order valence-corrected chi connectivity index (χ0v) is 8.52. The van der Waals surface area contributed by atoms with E-state index in [9.17, 15) is 4.79 Å². The first-order chi connectivity index (χ1) is 5.74. The maximum atomic E-state index is 11.1. The number of H-pyrrole nitrogens is 1. The van der Waals surface area contributed by atoms with Gasteiger partial charge in [0.05, 0.1) is 0 Å². The minimum Gasteiger partial charge on any atom is -0.327 e. The summed E-state index contributed by atoms with van der Waals surface area (Å²) in [6.45, 7) is 0. The zero-order chi connectivity index (χ0) is 8.97. The molecular formula is C8H7BrClNO. The Balaban J connectivity index is 3.06. The Bertz CT molecular complexity index is 345. The fourth-order valence-electron chi connectivity index (χ4n) is 0.769. The highest BCUT2D eigenvalue weighted by Crippen LogP contribution is 2.07. The van der Waals surface area contributed by atoms with Gasteiger partial charge in [-0.25, -0.2) is 0 Å². The van der Waals surface area contributed by atoms with Crippen LogP contribution in [-0.4, -0.2) is 10.9 Å². The summed E-state index contributed by atoms with van der Waals surface area (Å²) in [5, 5.41) is 0. The van der Waals surface area contributed by atoms with E-state index >= 15 is 0 Å². The Morgan fingerprint density at radius 2 is 2.42 bits per heavy atom. The number of rotatable bonds is 2. The van der Waals surface area contributed by atoms with Crippen molar-refractivity contribution in [2.75, 3.05) is 5.88 Å². The van der Waals surface area contributed by atoms with Gasteiger partial charge in [-0.2, -0.15) is 0 Å². The SMILES string of the molecule is O=c1[nH]cc(Br)cc1C=CCCl. The van der Waals surface area contributed by atoms with Crippen LogP contribution in [0.3, 0.4) is 0 Å². The molecule has 64 valence electrons. The zero-order valence-electron chi connectivity index (χ0n) is 6.18. The van der Waals surface area contributed by atoms with Gasteiger partial charge in [0.15, 0.2) is 0 Å². The van der Waals surface area contributed by atoms with E-state index in [0.717, 1.165) is 4.47 Å². The lowest BCUT2D eigenvalue weighted by atomic mass is 10.2.